The fraction of sp³-hybridized carbons (Fsp3) is 0.100. The van der Waals surface area contributed by atoms with E-state index >= 15 is 0 Å². The SMILES string of the molecule is C#CCOC(=O)C1=CSC(=C2SC=CS2)S1. The first-order chi connectivity index (χ1) is 7.81. The second-order valence-corrected chi connectivity index (χ2v) is 6.85. The minimum absolute atomic E-state index is 0.0262. The second kappa shape index (κ2) is 5.82. The van der Waals surface area contributed by atoms with Gasteiger partial charge in [0, 0.05) is 0 Å². The van der Waals surface area contributed by atoms with Gasteiger partial charge in [-0.2, -0.15) is 0 Å². The molecule has 0 spiro atoms. The van der Waals surface area contributed by atoms with E-state index < -0.39 is 0 Å². The zero-order chi connectivity index (χ0) is 11.4. The first-order valence-electron chi connectivity index (χ1n) is 4.19. The van der Waals surface area contributed by atoms with E-state index in [1.807, 2.05) is 16.2 Å². The number of hydrogen-bond donors (Lipinski definition) is 0. The summed E-state index contributed by atoms with van der Waals surface area (Å²) in [5.74, 6) is 1.93. The number of esters is 1. The van der Waals surface area contributed by atoms with Crippen LogP contribution in [0.15, 0.2) is 29.6 Å². The molecule has 0 atom stereocenters. The van der Waals surface area contributed by atoms with Gasteiger partial charge >= 0.3 is 5.97 Å². The maximum Gasteiger partial charge on any atom is 0.346 e. The van der Waals surface area contributed by atoms with Gasteiger partial charge in [-0.3, -0.25) is 0 Å². The first kappa shape index (κ1) is 12.1. The van der Waals surface area contributed by atoms with Crippen LogP contribution in [0.1, 0.15) is 0 Å². The zero-order valence-corrected chi connectivity index (χ0v) is 11.2. The van der Waals surface area contributed by atoms with Crippen molar-refractivity contribution in [2.24, 2.45) is 0 Å². The zero-order valence-electron chi connectivity index (χ0n) is 7.97. The molecule has 0 N–H and O–H groups in total. The summed E-state index contributed by atoms with van der Waals surface area (Å²) in [4.78, 5) is 12.1. The van der Waals surface area contributed by atoms with Crippen LogP contribution in [-0.2, 0) is 9.53 Å². The third kappa shape index (κ3) is 2.86. The molecular weight excluding hydrogens is 280 g/mol. The van der Waals surface area contributed by atoms with Gasteiger partial charge in [-0.1, -0.05) is 53.0 Å². The van der Waals surface area contributed by atoms with E-state index in [0.29, 0.717) is 4.91 Å². The van der Waals surface area contributed by atoms with E-state index in [9.17, 15) is 4.79 Å². The molecule has 0 aromatic carbocycles. The average Bonchev–Trinajstić information content (AvgIpc) is 2.94. The van der Waals surface area contributed by atoms with Crippen molar-refractivity contribution in [3.63, 3.8) is 0 Å². The summed E-state index contributed by atoms with van der Waals surface area (Å²) in [6.07, 6.45) is 5.02. The monoisotopic (exact) mass is 286 g/mol. The number of thioether (sulfide) groups is 4. The molecule has 0 aromatic heterocycles. The average molecular weight is 286 g/mol. The van der Waals surface area contributed by atoms with Crippen LogP contribution in [0.25, 0.3) is 0 Å². The molecule has 2 heterocycles. The molecule has 0 fully saturated rings. The molecule has 2 rings (SSSR count). The van der Waals surface area contributed by atoms with Gasteiger partial charge in [-0.25, -0.2) is 4.79 Å². The Labute approximate surface area is 111 Å². The van der Waals surface area contributed by atoms with E-state index in [1.54, 1.807) is 35.3 Å². The van der Waals surface area contributed by atoms with Gasteiger partial charge in [0.2, 0.25) is 0 Å². The van der Waals surface area contributed by atoms with Crippen molar-refractivity contribution in [2.75, 3.05) is 6.61 Å². The fourth-order valence-corrected chi connectivity index (χ4v) is 5.25. The summed E-state index contributed by atoms with van der Waals surface area (Å²) in [6.45, 7) is 0.0262. The molecule has 2 aliphatic rings. The Balaban J connectivity index is 1.95. The smallest absolute Gasteiger partial charge is 0.346 e. The molecular formula is C10H6O2S4. The normalized spacial score (nSPS) is 18.6. The van der Waals surface area contributed by atoms with Crippen LogP contribution in [0, 0.1) is 12.3 Å². The second-order valence-electron chi connectivity index (χ2n) is 2.57. The molecule has 0 saturated carbocycles. The minimum atomic E-state index is -0.341. The van der Waals surface area contributed by atoms with Crippen molar-refractivity contribution in [2.45, 2.75) is 0 Å². The molecule has 6 heteroatoms. The Morgan fingerprint density at radius 3 is 2.75 bits per heavy atom. The molecule has 0 aromatic rings. The predicted molar refractivity (Wildman–Crippen MR) is 74.4 cm³/mol. The van der Waals surface area contributed by atoms with Crippen molar-refractivity contribution in [3.05, 3.63) is 29.6 Å². The van der Waals surface area contributed by atoms with Crippen LogP contribution in [0.2, 0.25) is 0 Å². The van der Waals surface area contributed by atoms with Gasteiger partial charge in [-0.15, -0.1) is 6.42 Å². The molecule has 0 aliphatic carbocycles. The predicted octanol–water partition coefficient (Wildman–Crippen LogP) is 3.56. The van der Waals surface area contributed by atoms with Crippen LogP contribution in [0.3, 0.4) is 0 Å². The van der Waals surface area contributed by atoms with Crippen LogP contribution < -0.4 is 0 Å². The highest BCUT2D eigenvalue weighted by Gasteiger charge is 2.23. The summed E-state index contributed by atoms with van der Waals surface area (Å²) in [5.41, 5.74) is 0. The lowest BCUT2D eigenvalue weighted by molar-refractivity contribution is -0.136. The van der Waals surface area contributed by atoms with Crippen LogP contribution in [0.4, 0.5) is 0 Å². The largest absolute Gasteiger partial charge is 0.449 e. The maximum absolute atomic E-state index is 11.5. The van der Waals surface area contributed by atoms with E-state index in [0.717, 1.165) is 4.24 Å². The van der Waals surface area contributed by atoms with E-state index in [1.165, 1.54) is 16.0 Å². The molecule has 0 radical (unpaired) electrons. The molecule has 0 bridgehead atoms. The topological polar surface area (TPSA) is 26.3 Å². The van der Waals surface area contributed by atoms with E-state index in [4.69, 9.17) is 11.2 Å². The lowest BCUT2D eigenvalue weighted by atomic mass is 10.6. The van der Waals surface area contributed by atoms with Crippen molar-refractivity contribution in [3.8, 4) is 12.3 Å². The van der Waals surface area contributed by atoms with Crippen molar-refractivity contribution >= 4 is 53.0 Å². The van der Waals surface area contributed by atoms with Crippen LogP contribution in [-0.4, -0.2) is 12.6 Å². The molecule has 16 heavy (non-hydrogen) atoms. The van der Waals surface area contributed by atoms with Gasteiger partial charge in [0.15, 0.2) is 6.61 Å². The lowest BCUT2D eigenvalue weighted by Gasteiger charge is -2.01. The van der Waals surface area contributed by atoms with Gasteiger partial charge in [0.1, 0.15) is 4.91 Å². The molecule has 2 nitrogen and oxygen atoms in total. The summed E-state index contributed by atoms with van der Waals surface area (Å²) >= 11 is 6.35. The molecule has 2 aliphatic heterocycles. The van der Waals surface area contributed by atoms with Crippen LogP contribution in [0.5, 0.6) is 0 Å². The highest BCUT2D eigenvalue weighted by atomic mass is 32.2. The van der Waals surface area contributed by atoms with Gasteiger partial charge < -0.3 is 4.74 Å². The Morgan fingerprint density at radius 2 is 2.06 bits per heavy atom. The minimum Gasteiger partial charge on any atom is -0.449 e. The van der Waals surface area contributed by atoms with Gasteiger partial charge in [0.25, 0.3) is 0 Å². The van der Waals surface area contributed by atoms with Gasteiger partial charge in [-0.05, 0) is 16.2 Å². The number of hydrogen-bond acceptors (Lipinski definition) is 6. The number of carbonyl (C=O) groups is 1. The van der Waals surface area contributed by atoms with Crippen molar-refractivity contribution in [1.29, 1.82) is 0 Å². The lowest BCUT2D eigenvalue weighted by Crippen LogP contribution is -2.04. The Morgan fingerprint density at radius 1 is 1.31 bits per heavy atom. The number of terminal acetylenes is 1. The fourth-order valence-electron chi connectivity index (χ4n) is 0.916. The van der Waals surface area contributed by atoms with Crippen molar-refractivity contribution < 1.29 is 9.53 Å². The Kier molecular flexibility index (Phi) is 4.41. The highest BCUT2D eigenvalue weighted by molar-refractivity contribution is 8.33. The summed E-state index contributed by atoms with van der Waals surface area (Å²) in [6, 6.07) is 0. The Hall–Kier alpha value is -0.350. The highest BCUT2D eigenvalue weighted by Crippen LogP contribution is 2.53. The van der Waals surface area contributed by atoms with E-state index in [-0.39, 0.29) is 12.6 Å². The van der Waals surface area contributed by atoms with Crippen LogP contribution >= 0.6 is 47.0 Å². The van der Waals surface area contributed by atoms with Crippen molar-refractivity contribution in [1.82, 2.24) is 0 Å². The number of rotatable bonds is 2. The quantitative estimate of drug-likeness (QED) is 0.569. The number of ether oxygens (including phenoxy) is 1. The number of carbonyl (C=O) groups excluding carboxylic acids is 1. The summed E-state index contributed by atoms with van der Waals surface area (Å²) in [5, 5.41) is 5.87. The molecule has 82 valence electrons. The molecule has 0 saturated heterocycles. The third-order valence-corrected chi connectivity index (χ3v) is 6.54. The summed E-state index contributed by atoms with van der Waals surface area (Å²) < 4.78 is 7.20. The standard InChI is InChI=1S/C10H6O2S4/c1-2-3-12-8(11)7-6-15-10(16-7)9-13-4-5-14-9/h1,4-6H,3H2. The van der Waals surface area contributed by atoms with Gasteiger partial charge in [0.05, 0.1) is 8.47 Å². The third-order valence-electron chi connectivity index (χ3n) is 1.54. The first-order valence-corrected chi connectivity index (χ1v) is 7.64. The Bertz CT molecular complexity index is 432. The summed E-state index contributed by atoms with van der Waals surface area (Å²) in [7, 11) is 0. The molecule has 0 amide bonds. The maximum atomic E-state index is 11.5. The van der Waals surface area contributed by atoms with E-state index in [2.05, 4.69) is 5.92 Å². The molecule has 0 unspecified atom stereocenters.